The Morgan fingerprint density at radius 1 is 1.62 bits per heavy atom. The molecule has 70 valence electrons. The Labute approximate surface area is 78.5 Å². The summed E-state index contributed by atoms with van der Waals surface area (Å²) < 4.78 is 5.32. The number of hydrogen-bond acceptors (Lipinski definition) is 2. The summed E-state index contributed by atoms with van der Waals surface area (Å²) >= 11 is 0. The Hall–Kier alpha value is -1.28. The number of benzene rings is 1. The first kappa shape index (κ1) is 9.81. The smallest absolute Gasteiger partial charge is 0.120 e. The highest BCUT2D eigenvalue weighted by molar-refractivity contribution is 5.29. The molecule has 2 nitrogen and oxygen atoms in total. The summed E-state index contributed by atoms with van der Waals surface area (Å²) in [5, 5.41) is 9.30. The maximum atomic E-state index is 9.30. The first-order valence-corrected chi connectivity index (χ1v) is 4.25. The van der Waals surface area contributed by atoms with Crippen LogP contribution in [-0.2, 0) is 0 Å². The van der Waals surface area contributed by atoms with Gasteiger partial charge in [0.15, 0.2) is 0 Å². The summed E-state index contributed by atoms with van der Waals surface area (Å²) in [5.74, 6) is 0.762. The van der Waals surface area contributed by atoms with Gasteiger partial charge in [-0.15, -0.1) is 0 Å². The fourth-order valence-electron chi connectivity index (χ4n) is 1.02. The zero-order valence-electron chi connectivity index (χ0n) is 7.73. The summed E-state index contributed by atoms with van der Waals surface area (Å²) in [4.78, 5) is 0. The predicted molar refractivity (Wildman–Crippen MR) is 52.8 cm³/mol. The van der Waals surface area contributed by atoms with Crippen molar-refractivity contribution in [2.24, 2.45) is 0 Å². The molecule has 1 aromatic carbocycles. The summed E-state index contributed by atoms with van der Waals surface area (Å²) in [6.07, 6.45) is 1.24. The Morgan fingerprint density at radius 2 is 2.38 bits per heavy atom. The number of hydrogen-bond donors (Lipinski definition) is 1. The van der Waals surface area contributed by atoms with Gasteiger partial charge in [0.05, 0.1) is 6.10 Å². The van der Waals surface area contributed by atoms with Crippen molar-refractivity contribution in [2.75, 3.05) is 6.61 Å². The van der Waals surface area contributed by atoms with Gasteiger partial charge in [0.25, 0.3) is 0 Å². The first-order chi connectivity index (χ1) is 6.24. The molecule has 0 aliphatic rings. The van der Waals surface area contributed by atoms with Crippen molar-refractivity contribution in [3.63, 3.8) is 0 Å². The largest absolute Gasteiger partial charge is 0.490 e. The van der Waals surface area contributed by atoms with Crippen molar-refractivity contribution in [3.8, 4) is 5.75 Å². The van der Waals surface area contributed by atoms with E-state index in [1.807, 2.05) is 24.3 Å². The normalized spacial score (nSPS) is 12.2. The van der Waals surface area contributed by atoms with E-state index in [0.29, 0.717) is 6.61 Å². The summed E-state index contributed by atoms with van der Waals surface area (Å²) in [5.41, 5.74) is 0.863. The van der Waals surface area contributed by atoms with Gasteiger partial charge < -0.3 is 9.84 Å². The Morgan fingerprint density at radius 3 is 3.00 bits per heavy atom. The highest BCUT2D eigenvalue weighted by Gasteiger charge is 2.01. The molecule has 0 spiro atoms. The fraction of sp³-hybridized carbons (Fsp3) is 0.273. The minimum atomic E-state index is -0.452. The summed E-state index contributed by atoms with van der Waals surface area (Å²) in [6.45, 7) is 5.78. The topological polar surface area (TPSA) is 29.5 Å². The van der Waals surface area contributed by atoms with Crippen molar-refractivity contribution in [1.82, 2.24) is 0 Å². The molecule has 0 aromatic heterocycles. The third-order valence-electron chi connectivity index (χ3n) is 1.71. The second-order valence-electron chi connectivity index (χ2n) is 2.85. The van der Waals surface area contributed by atoms with Crippen molar-refractivity contribution in [3.05, 3.63) is 42.5 Å². The van der Waals surface area contributed by atoms with E-state index in [9.17, 15) is 5.11 Å². The third kappa shape index (κ3) is 2.92. The lowest BCUT2D eigenvalue weighted by Gasteiger charge is -2.07. The average Bonchev–Trinajstić information content (AvgIpc) is 2.15. The van der Waals surface area contributed by atoms with Crippen molar-refractivity contribution in [2.45, 2.75) is 13.0 Å². The van der Waals surface area contributed by atoms with E-state index in [1.54, 1.807) is 13.0 Å². The van der Waals surface area contributed by atoms with Gasteiger partial charge >= 0.3 is 0 Å². The minimum absolute atomic E-state index is 0.452. The van der Waals surface area contributed by atoms with Gasteiger partial charge in [-0.05, 0) is 24.6 Å². The Balaban J connectivity index is 2.73. The molecular formula is C11H14O2. The van der Waals surface area contributed by atoms with E-state index in [2.05, 4.69) is 6.58 Å². The number of ether oxygens (including phenoxy) is 1. The second kappa shape index (κ2) is 4.67. The van der Waals surface area contributed by atoms with Gasteiger partial charge in [-0.1, -0.05) is 24.8 Å². The molecule has 1 atom stereocenters. The SMILES string of the molecule is C=CCOc1cccc([C@H](C)O)c1. The van der Waals surface area contributed by atoms with Crippen LogP contribution in [-0.4, -0.2) is 11.7 Å². The van der Waals surface area contributed by atoms with E-state index in [4.69, 9.17) is 4.74 Å². The van der Waals surface area contributed by atoms with E-state index in [0.717, 1.165) is 11.3 Å². The number of aliphatic hydroxyl groups excluding tert-OH is 1. The van der Waals surface area contributed by atoms with E-state index < -0.39 is 6.10 Å². The number of rotatable bonds is 4. The molecule has 1 aromatic rings. The molecule has 13 heavy (non-hydrogen) atoms. The molecular weight excluding hydrogens is 164 g/mol. The van der Waals surface area contributed by atoms with Gasteiger partial charge in [-0.25, -0.2) is 0 Å². The van der Waals surface area contributed by atoms with E-state index in [-0.39, 0.29) is 0 Å². The van der Waals surface area contributed by atoms with E-state index >= 15 is 0 Å². The van der Waals surface area contributed by atoms with Crippen LogP contribution in [0.4, 0.5) is 0 Å². The maximum absolute atomic E-state index is 9.30. The molecule has 0 unspecified atom stereocenters. The molecule has 1 N–H and O–H groups in total. The van der Waals surface area contributed by atoms with Gasteiger partial charge in [-0.2, -0.15) is 0 Å². The molecule has 0 aliphatic heterocycles. The van der Waals surface area contributed by atoms with Crippen LogP contribution < -0.4 is 4.74 Å². The van der Waals surface area contributed by atoms with Crippen LogP contribution in [0.15, 0.2) is 36.9 Å². The minimum Gasteiger partial charge on any atom is -0.490 e. The lowest BCUT2D eigenvalue weighted by Crippen LogP contribution is -1.95. The number of aliphatic hydroxyl groups is 1. The molecule has 0 fully saturated rings. The van der Waals surface area contributed by atoms with E-state index in [1.165, 1.54) is 0 Å². The van der Waals surface area contributed by atoms with Crippen LogP contribution in [0, 0.1) is 0 Å². The van der Waals surface area contributed by atoms with Crippen LogP contribution >= 0.6 is 0 Å². The zero-order valence-corrected chi connectivity index (χ0v) is 7.73. The molecule has 1 rings (SSSR count). The highest BCUT2D eigenvalue weighted by atomic mass is 16.5. The molecule has 0 radical (unpaired) electrons. The highest BCUT2D eigenvalue weighted by Crippen LogP contribution is 2.18. The lowest BCUT2D eigenvalue weighted by molar-refractivity contribution is 0.198. The van der Waals surface area contributed by atoms with Crippen LogP contribution in [0.5, 0.6) is 5.75 Å². The molecule has 0 saturated carbocycles. The molecule has 0 heterocycles. The van der Waals surface area contributed by atoms with Crippen molar-refractivity contribution in [1.29, 1.82) is 0 Å². The van der Waals surface area contributed by atoms with Gasteiger partial charge in [-0.3, -0.25) is 0 Å². The summed E-state index contributed by atoms with van der Waals surface area (Å²) in [7, 11) is 0. The van der Waals surface area contributed by atoms with Crippen LogP contribution in [0.25, 0.3) is 0 Å². The first-order valence-electron chi connectivity index (χ1n) is 4.25. The second-order valence-corrected chi connectivity index (χ2v) is 2.85. The van der Waals surface area contributed by atoms with Gasteiger partial charge in [0.2, 0.25) is 0 Å². The fourth-order valence-corrected chi connectivity index (χ4v) is 1.02. The van der Waals surface area contributed by atoms with Crippen LogP contribution in [0.3, 0.4) is 0 Å². The third-order valence-corrected chi connectivity index (χ3v) is 1.71. The maximum Gasteiger partial charge on any atom is 0.120 e. The molecule has 0 bridgehead atoms. The molecule has 0 amide bonds. The van der Waals surface area contributed by atoms with Crippen molar-refractivity contribution >= 4 is 0 Å². The van der Waals surface area contributed by atoms with Crippen LogP contribution in [0.2, 0.25) is 0 Å². The lowest BCUT2D eigenvalue weighted by atomic mass is 10.1. The quantitative estimate of drug-likeness (QED) is 0.717. The Bertz CT molecular complexity index is 279. The standard InChI is InChI=1S/C11H14O2/c1-3-7-13-11-6-4-5-10(8-11)9(2)12/h3-6,8-9,12H,1,7H2,2H3/t9-/m0/s1. The monoisotopic (exact) mass is 178 g/mol. The summed E-state index contributed by atoms with van der Waals surface area (Å²) in [6, 6.07) is 7.41. The Kier molecular flexibility index (Phi) is 3.53. The van der Waals surface area contributed by atoms with Crippen LogP contribution in [0.1, 0.15) is 18.6 Å². The molecule has 0 saturated heterocycles. The van der Waals surface area contributed by atoms with Gasteiger partial charge in [0, 0.05) is 0 Å². The molecule has 2 heteroatoms. The van der Waals surface area contributed by atoms with Gasteiger partial charge in [0.1, 0.15) is 12.4 Å². The molecule has 0 aliphatic carbocycles. The predicted octanol–water partition coefficient (Wildman–Crippen LogP) is 2.30. The zero-order chi connectivity index (χ0) is 9.68. The average molecular weight is 178 g/mol. The van der Waals surface area contributed by atoms with Crippen molar-refractivity contribution < 1.29 is 9.84 Å².